The van der Waals surface area contributed by atoms with Crippen LogP contribution in [0, 0.1) is 0 Å². The second-order valence-corrected chi connectivity index (χ2v) is 4.67. The molecule has 106 valence electrons. The van der Waals surface area contributed by atoms with E-state index in [9.17, 15) is 4.79 Å². The Kier molecular flexibility index (Phi) is 6.32. The van der Waals surface area contributed by atoms with E-state index in [0.29, 0.717) is 12.2 Å². The van der Waals surface area contributed by atoms with Crippen LogP contribution in [0.4, 0.5) is 0 Å². The summed E-state index contributed by atoms with van der Waals surface area (Å²) < 4.78 is 5.64. The van der Waals surface area contributed by atoms with Crippen LogP contribution >= 0.6 is 0 Å². The summed E-state index contributed by atoms with van der Waals surface area (Å²) in [6.45, 7) is 4.12. The summed E-state index contributed by atoms with van der Waals surface area (Å²) in [6, 6.07) is 7.07. The van der Waals surface area contributed by atoms with Gasteiger partial charge in [-0.05, 0) is 18.1 Å². The molecule has 0 aliphatic rings. The fraction of sp³-hybridized carbons (Fsp3) is 0.500. The van der Waals surface area contributed by atoms with Crippen LogP contribution < -0.4 is 15.8 Å². The minimum absolute atomic E-state index is 0.0594. The maximum Gasteiger partial charge on any atom is 0.238 e. The largest absolute Gasteiger partial charge is 0.491 e. The van der Waals surface area contributed by atoms with Crippen molar-refractivity contribution in [3.63, 3.8) is 0 Å². The summed E-state index contributed by atoms with van der Waals surface area (Å²) in [7, 11) is 0. The average molecular weight is 266 g/mol. The molecule has 0 radical (unpaired) electrons. The van der Waals surface area contributed by atoms with E-state index in [4.69, 9.17) is 15.6 Å². The number of amides is 1. The van der Waals surface area contributed by atoms with Gasteiger partial charge in [-0.25, -0.2) is 0 Å². The van der Waals surface area contributed by atoms with E-state index in [1.807, 2.05) is 38.1 Å². The molecule has 0 fully saturated rings. The SMILES string of the molecule is CC(C)NC(COc1ccccc1CCO)C(N)=O. The summed E-state index contributed by atoms with van der Waals surface area (Å²) >= 11 is 0. The fourth-order valence-electron chi connectivity index (χ4n) is 1.76. The number of aliphatic hydroxyl groups excluding tert-OH is 1. The van der Waals surface area contributed by atoms with Crippen molar-refractivity contribution < 1.29 is 14.6 Å². The predicted molar refractivity (Wildman–Crippen MR) is 74.0 cm³/mol. The number of rotatable bonds is 8. The van der Waals surface area contributed by atoms with Crippen LogP contribution in [0.3, 0.4) is 0 Å². The Morgan fingerprint density at radius 1 is 1.42 bits per heavy atom. The quantitative estimate of drug-likeness (QED) is 0.638. The second-order valence-electron chi connectivity index (χ2n) is 4.67. The molecular formula is C14H22N2O3. The van der Waals surface area contributed by atoms with Gasteiger partial charge in [-0.15, -0.1) is 0 Å². The van der Waals surface area contributed by atoms with Gasteiger partial charge in [0.1, 0.15) is 18.4 Å². The van der Waals surface area contributed by atoms with Gasteiger partial charge in [0.2, 0.25) is 5.91 Å². The minimum atomic E-state index is -0.526. The van der Waals surface area contributed by atoms with E-state index < -0.39 is 11.9 Å². The molecule has 0 saturated carbocycles. The number of aliphatic hydroxyl groups is 1. The van der Waals surface area contributed by atoms with Crippen LogP contribution in [0.15, 0.2) is 24.3 Å². The van der Waals surface area contributed by atoms with Gasteiger partial charge < -0.3 is 20.9 Å². The van der Waals surface area contributed by atoms with E-state index >= 15 is 0 Å². The summed E-state index contributed by atoms with van der Waals surface area (Å²) in [5.74, 6) is 0.238. The van der Waals surface area contributed by atoms with Crippen molar-refractivity contribution in [1.82, 2.24) is 5.32 Å². The molecule has 1 aromatic carbocycles. The van der Waals surface area contributed by atoms with Gasteiger partial charge in [0.25, 0.3) is 0 Å². The number of carbonyl (C=O) groups is 1. The first-order valence-corrected chi connectivity index (χ1v) is 6.41. The van der Waals surface area contributed by atoms with Crippen LogP contribution in [0.25, 0.3) is 0 Å². The van der Waals surface area contributed by atoms with Gasteiger partial charge in [0, 0.05) is 12.6 Å². The van der Waals surface area contributed by atoms with Crippen molar-refractivity contribution in [2.75, 3.05) is 13.2 Å². The average Bonchev–Trinajstić information content (AvgIpc) is 2.35. The molecule has 0 aromatic heterocycles. The first kappa shape index (κ1) is 15.5. The van der Waals surface area contributed by atoms with E-state index in [1.54, 1.807) is 0 Å². The van der Waals surface area contributed by atoms with Crippen molar-refractivity contribution in [3.8, 4) is 5.75 Å². The summed E-state index contributed by atoms with van der Waals surface area (Å²) in [6.07, 6.45) is 0.523. The third kappa shape index (κ3) is 5.28. The molecule has 0 heterocycles. The van der Waals surface area contributed by atoms with Crippen molar-refractivity contribution in [2.24, 2.45) is 5.73 Å². The second kappa shape index (κ2) is 7.76. The van der Waals surface area contributed by atoms with Crippen molar-refractivity contribution in [2.45, 2.75) is 32.4 Å². The lowest BCUT2D eigenvalue weighted by molar-refractivity contribution is -0.120. The number of para-hydroxylation sites is 1. The van der Waals surface area contributed by atoms with Crippen LogP contribution in [0.2, 0.25) is 0 Å². The molecule has 1 amide bonds. The van der Waals surface area contributed by atoms with Crippen molar-refractivity contribution >= 4 is 5.91 Å². The topological polar surface area (TPSA) is 84.6 Å². The highest BCUT2D eigenvalue weighted by Crippen LogP contribution is 2.18. The highest BCUT2D eigenvalue weighted by Gasteiger charge is 2.17. The Labute approximate surface area is 113 Å². The highest BCUT2D eigenvalue weighted by molar-refractivity contribution is 5.80. The number of benzene rings is 1. The smallest absolute Gasteiger partial charge is 0.238 e. The molecule has 1 rings (SSSR count). The maximum atomic E-state index is 11.3. The Morgan fingerprint density at radius 3 is 2.68 bits per heavy atom. The zero-order valence-corrected chi connectivity index (χ0v) is 11.4. The van der Waals surface area contributed by atoms with Gasteiger partial charge in [0.05, 0.1) is 0 Å². The van der Waals surface area contributed by atoms with Crippen LogP contribution in [0.1, 0.15) is 19.4 Å². The van der Waals surface area contributed by atoms with Gasteiger partial charge in [-0.2, -0.15) is 0 Å². The molecule has 0 spiro atoms. The molecule has 4 N–H and O–H groups in total. The lowest BCUT2D eigenvalue weighted by Gasteiger charge is -2.19. The molecule has 5 nitrogen and oxygen atoms in total. The summed E-state index contributed by atoms with van der Waals surface area (Å²) in [5, 5.41) is 12.0. The van der Waals surface area contributed by atoms with Gasteiger partial charge in [-0.3, -0.25) is 4.79 Å². The lowest BCUT2D eigenvalue weighted by Crippen LogP contribution is -2.48. The number of hydrogen-bond acceptors (Lipinski definition) is 4. The molecule has 0 saturated heterocycles. The van der Waals surface area contributed by atoms with Crippen LogP contribution in [-0.2, 0) is 11.2 Å². The Balaban J connectivity index is 2.65. The number of nitrogens with two attached hydrogens (primary N) is 1. The van der Waals surface area contributed by atoms with Crippen LogP contribution in [0.5, 0.6) is 5.75 Å². The first-order valence-electron chi connectivity index (χ1n) is 6.41. The zero-order chi connectivity index (χ0) is 14.3. The van der Waals surface area contributed by atoms with Gasteiger partial charge in [-0.1, -0.05) is 32.0 Å². The predicted octanol–water partition coefficient (Wildman–Crippen LogP) is 0.452. The number of nitrogens with one attached hydrogen (secondary N) is 1. The molecule has 0 bridgehead atoms. The molecule has 5 heteroatoms. The third-order valence-corrected chi connectivity index (χ3v) is 2.64. The molecular weight excluding hydrogens is 244 g/mol. The molecule has 19 heavy (non-hydrogen) atoms. The van der Waals surface area contributed by atoms with E-state index in [1.165, 1.54) is 0 Å². The number of ether oxygens (including phenoxy) is 1. The maximum absolute atomic E-state index is 11.3. The Hall–Kier alpha value is -1.59. The summed E-state index contributed by atoms with van der Waals surface area (Å²) in [5.41, 5.74) is 6.24. The molecule has 1 aromatic rings. The third-order valence-electron chi connectivity index (χ3n) is 2.64. The van der Waals surface area contributed by atoms with Gasteiger partial charge in [0.15, 0.2) is 0 Å². The first-order chi connectivity index (χ1) is 9.04. The molecule has 0 aliphatic carbocycles. The van der Waals surface area contributed by atoms with Crippen molar-refractivity contribution in [1.29, 1.82) is 0 Å². The Bertz CT molecular complexity index is 407. The van der Waals surface area contributed by atoms with Crippen molar-refractivity contribution in [3.05, 3.63) is 29.8 Å². The number of hydrogen-bond donors (Lipinski definition) is 3. The molecule has 1 unspecified atom stereocenters. The standard InChI is InChI=1S/C14H22N2O3/c1-10(2)16-12(14(15)18)9-19-13-6-4-3-5-11(13)7-8-17/h3-6,10,12,16-17H,7-9H2,1-2H3,(H2,15,18). The van der Waals surface area contributed by atoms with Gasteiger partial charge >= 0.3 is 0 Å². The number of carbonyl (C=O) groups excluding carboxylic acids is 1. The lowest BCUT2D eigenvalue weighted by atomic mass is 10.1. The molecule has 0 aliphatic heterocycles. The molecule has 1 atom stereocenters. The van der Waals surface area contributed by atoms with E-state index in [2.05, 4.69) is 5.32 Å². The Morgan fingerprint density at radius 2 is 2.11 bits per heavy atom. The fourth-order valence-corrected chi connectivity index (χ4v) is 1.76. The minimum Gasteiger partial charge on any atom is -0.491 e. The summed E-state index contributed by atoms with van der Waals surface area (Å²) in [4.78, 5) is 11.3. The number of primary amides is 1. The van der Waals surface area contributed by atoms with Crippen LogP contribution in [-0.4, -0.2) is 36.3 Å². The van der Waals surface area contributed by atoms with E-state index in [-0.39, 0.29) is 19.3 Å². The highest BCUT2D eigenvalue weighted by atomic mass is 16.5. The monoisotopic (exact) mass is 266 g/mol. The van der Waals surface area contributed by atoms with E-state index in [0.717, 1.165) is 5.56 Å². The normalized spacial score (nSPS) is 12.4. The zero-order valence-electron chi connectivity index (χ0n) is 11.4.